The van der Waals surface area contributed by atoms with Gasteiger partial charge in [0.1, 0.15) is 12.4 Å². The van der Waals surface area contributed by atoms with Crippen LogP contribution in [0.15, 0.2) is 22.6 Å². The van der Waals surface area contributed by atoms with Gasteiger partial charge < -0.3 is 20.3 Å². The van der Waals surface area contributed by atoms with Crippen LogP contribution in [-0.2, 0) is 11.5 Å². The Labute approximate surface area is 121 Å². The van der Waals surface area contributed by atoms with E-state index in [2.05, 4.69) is 14.4 Å². The fraction of sp³-hybridized carbons (Fsp3) is 0.462. The van der Waals surface area contributed by atoms with E-state index in [1.165, 1.54) is 12.8 Å². The second kappa shape index (κ2) is 5.90. The van der Waals surface area contributed by atoms with Gasteiger partial charge in [-0.2, -0.15) is 4.72 Å². The lowest BCUT2D eigenvalue weighted by Gasteiger charge is -2.25. The Morgan fingerprint density at radius 1 is 1.45 bits per heavy atom. The highest BCUT2D eigenvalue weighted by Gasteiger charge is 2.25. The summed E-state index contributed by atoms with van der Waals surface area (Å²) in [5.41, 5.74) is 7.26. The Bertz CT molecular complexity index is 517. The Morgan fingerprint density at radius 3 is 3.15 bits per heavy atom. The van der Waals surface area contributed by atoms with E-state index in [1.54, 1.807) is 0 Å². The van der Waals surface area contributed by atoms with Crippen molar-refractivity contribution in [3.05, 3.63) is 23.8 Å². The molecule has 1 unspecified atom stereocenters. The number of nitrogens with one attached hydrogen (secondary N) is 2. The molecule has 20 heavy (non-hydrogen) atoms. The molecule has 0 amide bonds. The van der Waals surface area contributed by atoms with Crippen molar-refractivity contribution in [1.82, 2.24) is 5.32 Å². The van der Waals surface area contributed by atoms with E-state index in [9.17, 15) is 4.55 Å². The van der Waals surface area contributed by atoms with Crippen molar-refractivity contribution in [3.8, 4) is 5.75 Å². The van der Waals surface area contributed by atoms with Gasteiger partial charge in [0.25, 0.3) is 0 Å². The van der Waals surface area contributed by atoms with Crippen LogP contribution in [0.4, 0.5) is 5.69 Å². The quantitative estimate of drug-likeness (QED) is 0.721. The molecule has 3 rings (SSSR count). The van der Waals surface area contributed by atoms with Gasteiger partial charge in [0.15, 0.2) is 5.84 Å². The molecule has 1 aromatic rings. The van der Waals surface area contributed by atoms with E-state index in [1.807, 2.05) is 18.2 Å². The van der Waals surface area contributed by atoms with Crippen LogP contribution in [0.3, 0.4) is 0 Å². The Kier molecular flexibility index (Phi) is 4.00. The molecule has 2 atom stereocenters. The highest BCUT2D eigenvalue weighted by molar-refractivity contribution is 7.91. The average Bonchev–Trinajstić information content (AvgIpc) is 2.45. The standard InChI is InChI=1S/C13H18N4O2S/c14-13-12-10(16-20(18)17-13)5-3-6-11(12)19-8-9-4-1-2-7-15-9/h3,5-6,9,15-16H,1-2,4,7-8H2,(H2,14,17)/t9-,20?/m1/s1. The molecule has 1 aromatic carbocycles. The average molecular weight is 294 g/mol. The maximum absolute atomic E-state index is 11.4. The zero-order valence-electron chi connectivity index (χ0n) is 11.1. The number of benzene rings is 1. The summed E-state index contributed by atoms with van der Waals surface area (Å²) in [6.45, 7) is 1.65. The lowest BCUT2D eigenvalue weighted by atomic mass is 10.1. The fourth-order valence-electron chi connectivity index (χ4n) is 2.51. The van der Waals surface area contributed by atoms with Crippen molar-refractivity contribution in [1.29, 1.82) is 0 Å². The molecule has 2 aliphatic heterocycles. The predicted octanol–water partition coefficient (Wildman–Crippen LogP) is 0.917. The third kappa shape index (κ3) is 2.84. The summed E-state index contributed by atoms with van der Waals surface area (Å²) in [5.74, 6) is 0.935. The maximum Gasteiger partial charge on any atom is 0.222 e. The minimum atomic E-state index is -1.50. The second-order valence-electron chi connectivity index (χ2n) is 4.96. The van der Waals surface area contributed by atoms with Crippen LogP contribution in [0.1, 0.15) is 24.8 Å². The smallest absolute Gasteiger partial charge is 0.222 e. The molecule has 108 valence electrons. The first kappa shape index (κ1) is 13.5. The highest BCUT2D eigenvalue weighted by Crippen LogP contribution is 2.30. The lowest BCUT2D eigenvalue weighted by molar-refractivity contribution is 0.239. The van der Waals surface area contributed by atoms with Crippen LogP contribution in [0.2, 0.25) is 0 Å². The van der Waals surface area contributed by atoms with Crippen LogP contribution in [0.5, 0.6) is 5.75 Å². The molecule has 2 heterocycles. The molecule has 0 aliphatic carbocycles. The van der Waals surface area contributed by atoms with E-state index in [0.29, 0.717) is 29.6 Å². The molecule has 1 fully saturated rings. The predicted molar refractivity (Wildman–Crippen MR) is 80.1 cm³/mol. The van der Waals surface area contributed by atoms with Crippen LogP contribution < -0.4 is 20.5 Å². The molecular formula is C13H18N4O2S. The van der Waals surface area contributed by atoms with Crippen molar-refractivity contribution in [2.45, 2.75) is 25.3 Å². The summed E-state index contributed by atoms with van der Waals surface area (Å²) in [5, 5.41) is 3.44. The van der Waals surface area contributed by atoms with Crippen molar-refractivity contribution in [2.24, 2.45) is 10.1 Å². The van der Waals surface area contributed by atoms with E-state index in [4.69, 9.17) is 10.5 Å². The summed E-state index contributed by atoms with van der Waals surface area (Å²) in [4.78, 5) is 0. The van der Waals surface area contributed by atoms with Crippen LogP contribution in [0.25, 0.3) is 0 Å². The molecule has 7 heteroatoms. The molecule has 1 saturated heterocycles. The molecule has 2 aliphatic rings. The van der Waals surface area contributed by atoms with Gasteiger partial charge in [0.2, 0.25) is 11.5 Å². The fourth-order valence-corrected chi connectivity index (χ4v) is 3.18. The molecule has 0 radical (unpaired) electrons. The van der Waals surface area contributed by atoms with Gasteiger partial charge in [-0.05, 0) is 35.9 Å². The van der Waals surface area contributed by atoms with E-state index >= 15 is 0 Å². The minimum absolute atomic E-state index is 0.254. The third-order valence-corrected chi connectivity index (χ3v) is 4.27. The van der Waals surface area contributed by atoms with E-state index in [-0.39, 0.29) is 5.84 Å². The first-order valence-electron chi connectivity index (χ1n) is 6.76. The van der Waals surface area contributed by atoms with Gasteiger partial charge in [0, 0.05) is 6.04 Å². The van der Waals surface area contributed by atoms with Gasteiger partial charge in [-0.15, -0.1) is 0 Å². The number of piperidine rings is 1. The zero-order chi connectivity index (χ0) is 13.9. The van der Waals surface area contributed by atoms with Crippen LogP contribution in [0, 0.1) is 0 Å². The zero-order valence-corrected chi connectivity index (χ0v) is 11.9. The van der Waals surface area contributed by atoms with Crippen LogP contribution >= 0.6 is 0 Å². The number of fused-ring (bicyclic) bond motifs is 1. The number of nitrogens with two attached hydrogens (primary N) is 1. The first-order valence-corrected chi connectivity index (χ1v) is 7.87. The molecule has 0 aromatic heterocycles. The SMILES string of the molecule is NC1=N[S+]([O-])Nc2cccc(OC[C@H]3CCCCN3)c21. The number of nitrogens with zero attached hydrogens (tertiary/aromatic N) is 1. The van der Waals surface area contributed by atoms with Crippen LogP contribution in [-0.4, -0.2) is 29.6 Å². The van der Waals surface area contributed by atoms with Crippen molar-refractivity contribution >= 4 is 23.1 Å². The molecule has 0 bridgehead atoms. The number of hydrogen-bond acceptors (Lipinski definition) is 6. The summed E-state index contributed by atoms with van der Waals surface area (Å²) in [7, 11) is 0. The van der Waals surface area contributed by atoms with E-state index in [0.717, 1.165) is 13.0 Å². The number of amidine groups is 1. The Morgan fingerprint density at radius 2 is 2.35 bits per heavy atom. The van der Waals surface area contributed by atoms with Crippen molar-refractivity contribution in [2.75, 3.05) is 17.9 Å². The summed E-state index contributed by atoms with van der Waals surface area (Å²) >= 11 is -1.50. The summed E-state index contributed by atoms with van der Waals surface area (Å²) in [6, 6.07) is 5.91. The number of anilines is 1. The van der Waals surface area contributed by atoms with Crippen molar-refractivity contribution < 1.29 is 9.29 Å². The summed E-state index contributed by atoms with van der Waals surface area (Å²) in [6.07, 6.45) is 3.59. The maximum atomic E-state index is 11.4. The second-order valence-corrected chi connectivity index (χ2v) is 5.85. The summed E-state index contributed by atoms with van der Waals surface area (Å²) < 4.78 is 23.9. The van der Waals surface area contributed by atoms with Crippen molar-refractivity contribution in [3.63, 3.8) is 0 Å². The lowest BCUT2D eigenvalue weighted by Crippen LogP contribution is -2.38. The Balaban J connectivity index is 1.75. The molecule has 6 nitrogen and oxygen atoms in total. The monoisotopic (exact) mass is 294 g/mol. The minimum Gasteiger partial charge on any atom is -0.566 e. The Hall–Kier alpha value is -1.44. The number of ether oxygens (including phenoxy) is 1. The number of hydrogen-bond donors (Lipinski definition) is 3. The normalized spacial score (nSPS) is 25.4. The van der Waals surface area contributed by atoms with E-state index < -0.39 is 11.5 Å². The van der Waals surface area contributed by atoms with Gasteiger partial charge in [-0.1, -0.05) is 12.5 Å². The largest absolute Gasteiger partial charge is 0.566 e. The number of rotatable bonds is 3. The van der Waals surface area contributed by atoms with Gasteiger partial charge in [0.05, 0.1) is 11.3 Å². The molecule has 4 N–H and O–H groups in total. The highest BCUT2D eigenvalue weighted by atomic mass is 32.2. The first-order chi connectivity index (χ1) is 9.74. The van der Waals surface area contributed by atoms with Gasteiger partial charge >= 0.3 is 0 Å². The molecular weight excluding hydrogens is 276 g/mol. The topological polar surface area (TPSA) is 94.7 Å². The molecule has 0 saturated carbocycles. The van der Waals surface area contributed by atoms with Gasteiger partial charge in [-0.25, -0.2) is 0 Å². The third-order valence-electron chi connectivity index (χ3n) is 3.51. The van der Waals surface area contributed by atoms with Gasteiger partial charge in [-0.3, -0.25) is 0 Å². The molecule has 0 spiro atoms.